The van der Waals surface area contributed by atoms with Crippen molar-refractivity contribution >= 4 is 11.6 Å². The molecule has 0 heterocycles. The first-order chi connectivity index (χ1) is 10.6. The zero-order valence-electron chi connectivity index (χ0n) is 13.6. The SMILES string of the molecule is CCc1ccccc1NC(=O)C[NH+](C)Cc1ccc(C)cc1. The van der Waals surface area contributed by atoms with Gasteiger partial charge in [-0.25, -0.2) is 0 Å². The van der Waals surface area contributed by atoms with Crippen molar-refractivity contribution < 1.29 is 9.69 Å². The lowest BCUT2D eigenvalue weighted by Crippen LogP contribution is -3.08. The van der Waals surface area contributed by atoms with Gasteiger partial charge in [0.2, 0.25) is 0 Å². The van der Waals surface area contributed by atoms with E-state index in [4.69, 9.17) is 0 Å². The fraction of sp³-hybridized carbons (Fsp3) is 0.316. The summed E-state index contributed by atoms with van der Waals surface area (Å²) in [5.41, 5.74) is 4.62. The van der Waals surface area contributed by atoms with Crippen LogP contribution >= 0.6 is 0 Å². The molecule has 116 valence electrons. The molecular formula is C19H25N2O+. The molecule has 3 nitrogen and oxygen atoms in total. The molecule has 2 aromatic carbocycles. The first-order valence-electron chi connectivity index (χ1n) is 7.83. The number of rotatable bonds is 6. The molecule has 22 heavy (non-hydrogen) atoms. The summed E-state index contributed by atoms with van der Waals surface area (Å²) >= 11 is 0. The number of para-hydroxylation sites is 1. The largest absolute Gasteiger partial charge is 0.326 e. The number of likely N-dealkylation sites (N-methyl/N-ethyl adjacent to an activating group) is 1. The van der Waals surface area contributed by atoms with Gasteiger partial charge in [0.05, 0.1) is 7.05 Å². The highest BCUT2D eigenvalue weighted by molar-refractivity contribution is 5.92. The van der Waals surface area contributed by atoms with Crippen molar-refractivity contribution in [3.05, 3.63) is 65.2 Å². The monoisotopic (exact) mass is 297 g/mol. The molecule has 0 saturated carbocycles. The van der Waals surface area contributed by atoms with Crippen molar-refractivity contribution in [2.24, 2.45) is 0 Å². The van der Waals surface area contributed by atoms with E-state index in [1.807, 2.05) is 25.2 Å². The zero-order chi connectivity index (χ0) is 15.9. The number of anilines is 1. The van der Waals surface area contributed by atoms with E-state index in [0.717, 1.165) is 18.7 Å². The molecule has 3 heteroatoms. The second-order valence-electron chi connectivity index (χ2n) is 5.86. The van der Waals surface area contributed by atoms with Crippen molar-refractivity contribution in [2.45, 2.75) is 26.8 Å². The molecule has 0 bridgehead atoms. The molecule has 0 radical (unpaired) electrons. The van der Waals surface area contributed by atoms with Gasteiger partial charge >= 0.3 is 0 Å². The number of aryl methyl sites for hydroxylation is 2. The number of amides is 1. The van der Waals surface area contributed by atoms with Gasteiger partial charge in [-0.05, 0) is 25.0 Å². The van der Waals surface area contributed by atoms with E-state index in [2.05, 4.69) is 49.5 Å². The first-order valence-corrected chi connectivity index (χ1v) is 7.83. The maximum Gasteiger partial charge on any atom is 0.279 e. The van der Waals surface area contributed by atoms with Crippen molar-refractivity contribution in [3.8, 4) is 0 Å². The van der Waals surface area contributed by atoms with Crippen LogP contribution in [0.25, 0.3) is 0 Å². The minimum atomic E-state index is 0.0607. The Morgan fingerprint density at radius 1 is 1.09 bits per heavy atom. The second-order valence-corrected chi connectivity index (χ2v) is 5.86. The summed E-state index contributed by atoms with van der Waals surface area (Å²) in [5.74, 6) is 0.0607. The zero-order valence-corrected chi connectivity index (χ0v) is 13.6. The summed E-state index contributed by atoms with van der Waals surface area (Å²) in [6, 6.07) is 16.5. The van der Waals surface area contributed by atoms with Crippen molar-refractivity contribution in [1.29, 1.82) is 0 Å². The summed E-state index contributed by atoms with van der Waals surface area (Å²) in [4.78, 5) is 13.4. The molecular weight excluding hydrogens is 272 g/mol. The van der Waals surface area contributed by atoms with Gasteiger partial charge in [-0.2, -0.15) is 0 Å². The van der Waals surface area contributed by atoms with E-state index in [0.29, 0.717) is 6.54 Å². The molecule has 1 amide bonds. The third-order valence-electron chi connectivity index (χ3n) is 3.76. The molecule has 1 unspecified atom stereocenters. The predicted octanol–water partition coefficient (Wildman–Crippen LogP) is 2.21. The van der Waals surface area contributed by atoms with Crippen LogP contribution in [0.15, 0.2) is 48.5 Å². The lowest BCUT2D eigenvalue weighted by Gasteiger charge is -2.15. The third kappa shape index (κ3) is 4.71. The van der Waals surface area contributed by atoms with E-state index in [9.17, 15) is 4.79 Å². The van der Waals surface area contributed by atoms with Crippen LogP contribution < -0.4 is 10.2 Å². The Morgan fingerprint density at radius 2 is 1.77 bits per heavy atom. The number of quaternary nitrogens is 1. The molecule has 2 aromatic rings. The van der Waals surface area contributed by atoms with Gasteiger partial charge in [-0.1, -0.05) is 55.0 Å². The van der Waals surface area contributed by atoms with Crippen molar-refractivity contribution in [1.82, 2.24) is 0 Å². The van der Waals surface area contributed by atoms with Gasteiger partial charge in [0.15, 0.2) is 6.54 Å². The second kappa shape index (κ2) is 7.76. The number of hydrogen-bond acceptors (Lipinski definition) is 1. The Morgan fingerprint density at radius 3 is 2.45 bits per heavy atom. The average Bonchev–Trinajstić information content (AvgIpc) is 2.50. The highest BCUT2D eigenvalue weighted by Gasteiger charge is 2.12. The molecule has 1 atom stereocenters. The van der Waals surface area contributed by atoms with Gasteiger partial charge in [0.1, 0.15) is 6.54 Å². The van der Waals surface area contributed by atoms with Gasteiger partial charge in [0.25, 0.3) is 5.91 Å². The molecule has 0 spiro atoms. The molecule has 0 aliphatic rings. The van der Waals surface area contributed by atoms with E-state index in [-0.39, 0.29) is 5.91 Å². The lowest BCUT2D eigenvalue weighted by molar-refractivity contribution is -0.885. The maximum atomic E-state index is 12.2. The van der Waals surface area contributed by atoms with Gasteiger partial charge in [-0.3, -0.25) is 4.79 Å². The fourth-order valence-electron chi connectivity index (χ4n) is 2.54. The van der Waals surface area contributed by atoms with Crippen LogP contribution in [0.2, 0.25) is 0 Å². The molecule has 2 N–H and O–H groups in total. The Labute approximate surface area is 133 Å². The number of nitrogens with one attached hydrogen (secondary N) is 2. The Kier molecular flexibility index (Phi) is 5.73. The Hall–Kier alpha value is -2.13. The maximum absolute atomic E-state index is 12.2. The Balaban J connectivity index is 1.89. The highest BCUT2D eigenvalue weighted by Crippen LogP contribution is 2.14. The molecule has 0 aromatic heterocycles. The highest BCUT2D eigenvalue weighted by atomic mass is 16.2. The van der Waals surface area contributed by atoms with Crippen LogP contribution in [0.5, 0.6) is 0 Å². The van der Waals surface area contributed by atoms with E-state index in [1.165, 1.54) is 21.6 Å². The number of hydrogen-bond donors (Lipinski definition) is 2. The molecule has 0 saturated heterocycles. The summed E-state index contributed by atoms with van der Waals surface area (Å²) in [7, 11) is 2.05. The molecule has 0 aliphatic carbocycles. The third-order valence-corrected chi connectivity index (χ3v) is 3.76. The normalized spacial score (nSPS) is 12.0. The van der Waals surface area contributed by atoms with Crippen LogP contribution in [-0.2, 0) is 17.8 Å². The van der Waals surface area contributed by atoms with Crippen LogP contribution in [-0.4, -0.2) is 19.5 Å². The molecule has 2 rings (SSSR count). The van der Waals surface area contributed by atoms with E-state index < -0.39 is 0 Å². The summed E-state index contributed by atoms with van der Waals surface area (Å²) in [6.07, 6.45) is 0.919. The van der Waals surface area contributed by atoms with Crippen molar-refractivity contribution in [2.75, 3.05) is 18.9 Å². The van der Waals surface area contributed by atoms with Gasteiger partial charge in [-0.15, -0.1) is 0 Å². The fourth-order valence-corrected chi connectivity index (χ4v) is 2.54. The van der Waals surface area contributed by atoms with Crippen LogP contribution in [0.1, 0.15) is 23.6 Å². The smallest absolute Gasteiger partial charge is 0.279 e. The Bertz CT molecular complexity index is 620. The number of benzene rings is 2. The molecule has 0 fully saturated rings. The average molecular weight is 297 g/mol. The summed E-state index contributed by atoms with van der Waals surface area (Å²) in [6.45, 7) is 5.49. The topological polar surface area (TPSA) is 33.5 Å². The minimum absolute atomic E-state index is 0.0607. The quantitative estimate of drug-likeness (QED) is 0.842. The molecule has 0 aliphatic heterocycles. The van der Waals surface area contributed by atoms with Gasteiger partial charge in [0, 0.05) is 11.3 Å². The minimum Gasteiger partial charge on any atom is -0.326 e. The van der Waals surface area contributed by atoms with E-state index in [1.54, 1.807) is 0 Å². The van der Waals surface area contributed by atoms with Crippen molar-refractivity contribution in [3.63, 3.8) is 0 Å². The standard InChI is InChI=1S/C19H24N2O/c1-4-17-7-5-6-8-18(17)20-19(22)14-21(3)13-16-11-9-15(2)10-12-16/h5-12H,4,13-14H2,1-3H3,(H,20,22)/p+1. The number of carbonyl (C=O) groups is 1. The lowest BCUT2D eigenvalue weighted by atomic mass is 10.1. The predicted molar refractivity (Wildman–Crippen MR) is 91.1 cm³/mol. The summed E-state index contributed by atoms with van der Waals surface area (Å²) in [5, 5.41) is 3.03. The van der Waals surface area contributed by atoms with Crippen LogP contribution in [0, 0.1) is 6.92 Å². The van der Waals surface area contributed by atoms with Crippen LogP contribution in [0.4, 0.5) is 5.69 Å². The summed E-state index contributed by atoms with van der Waals surface area (Å²) < 4.78 is 0. The van der Waals surface area contributed by atoms with Gasteiger partial charge < -0.3 is 10.2 Å². The number of carbonyl (C=O) groups excluding carboxylic acids is 1. The van der Waals surface area contributed by atoms with E-state index >= 15 is 0 Å². The van der Waals surface area contributed by atoms with Crippen LogP contribution in [0.3, 0.4) is 0 Å². The first kappa shape index (κ1) is 16.2.